The van der Waals surface area contributed by atoms with Gasteiger partial charge in [-0.05, 0) is 50.5 Å². The van der Waals surface area contributed by atoms with Crippen LogP contribution in [-0.4, -0.2) is 18.6 Å². The predicted octanol–water partition coefficient (Wildman–Crippen LogP) is 1.48. The topological polar surface area (TPSA) is 52.3 Å². The van der Waals surface area contributed by atoms with Crippen molar-refractivity contribution in [3.63, 3.8) is 0 Å². The normalized spacial score (nSPS) is 38.0. The minimum Gasteiger partial charge on any atom is -0.459 e. The van der Waals surface area contributed by atoms with Gasteiger partial charge in [0.1, 0.15) is 6.10 Å². The zero-order valence-electron chi connectivity index (χ0n) is 9.24. The molecule has 2 bridgehead atoms. The molecule has 0 aromatic carbocycles. The summed E-state index contributed by atoms with van der Waals surface area (Å²) in [4.78, 5) is 11.4. The summed E-state index contributed by atoms with van der Waals surface area (Å²) in [6.45, 7) is 6.07. The third-order valence-electron chi connectivity index (χ3n) is 3.85. The molecule has 15 heavy (non-hydrogen) atoms. The van der Waals surface area contributed by atoms with Crippen molar-refractivity contribution in [3.05, 3.63) is 12.2 Å². The zero-order valence-corrected chi connectivity index (χ0v) is 9.24. The molecule has 2 aliphatic carbocycles. The van der Waals surface area contributed by atoms with Crippen LogP contribution >= 0.6 is 0 Å². The molecule has 2 N–H and O–H groups in total. The van der Waals surface area contributed by atoms with Gasteiger partial charge in [-0.2, -0.15) is 0 Å². The van der Waals surface area contributed by atoms with Crippen molar-refractivity contribution in [2.45, 2.75) is 32.3 Å². The maximum absolute atomic E-state index is 11.4. The van der Waals surface area contributed by atoms with Crippen molar-refractivity contribution in [2.75, 3.05) is 6.54 Å². The van der Waals surface area contributed by atoms with E-state index in [0.717, 1.165) is 19.4 Å². The summed E-state index contributed by atoms with van der Waals surface area (Å²) in [5.74, 6) is 1.65. The first-order valence-electron chi connectivity index (χ1n) is 5.68. The van der Waals surface area contributed by atoms with Crippen LogP contribution in [0.3, 0.4) is 0 Å². The van der Waals surface area contributed by atoms with Crippen LogP contribution < -0.4 is 5.73 Å². The highest BCUT2D eigenvalue weighted by molar-refractivity contribution is 5.87. The van der Waals surface area contributed by atoms with Crippen LogP contribution in [0.4, 0.5) is 0 Å². The molecule has 2 saturated carbocycles. The molecule has 2 rings (SSSR count). The van der Waals surface area contributed by atoms with Crippen LogP contribution in [0.25, 0.3) is 0 Å². The van der Waals surface area contributed by atoms with E-state index >= 15 is 0 Å². The lowest BCUT2D eigenvalue weighted by molar-refractivity contribution is -0.147. The van der Waals surface area contributed by atoms with Crippen LogP contribution in [0.5, 0.6) is 0 Å². The molecule has 0 radical (unpaired) electrons. The first-order valence-corrected chi connectivity index (χ1v) is 5.68. The molecular weight excluding hydrogens is 190 g/mol. The molecule has 3 nitrogen and oxygen atoms in total. The maximum atomic E-state index is 11.4. The van der Waals surface area contributed by atoms with Crippen LogP contribution in [0.2, 0.25) is 0 Å². The number of hydrogen-bond acceptors (Lipinski definition) is 3. The summed E-state index contributed by atoms with van der Waals surface area (Å²) >= 11 is 0. The Hall–Kier alpha value is -0.830. The summed E-state index contributed by atoms with van der Waals surface area (Å²) in [6, 6.07) is 0. The third-order valence-corrected chi connectivity index (χ3v) is 3.85. The van der Waals surface area contributed by atoms with Crippen LogP contribution in [0.15, 0.2) is 12.2 Å². The molecule has 0 aliphatic heterocycles. The van der Waals surface area contributed by atoms with E-state index < -0.39 is 0 Å². The summed E-state index contributed by atoms with van der Waals surface area (Å²) in [5.41, 5.74) is 6.19. The molecular formula is C12H19NO2. The predicted molar refractivity (Wildman–Crippen MR) is 58.1 cm³/mol. The molecule has 84 valence electrons. The molecule has 0 heterocycles. The summed E-state index contributed by atoms with van der Waals surface area (Å²) in [7, 11) is 0. The van der Waals surface area contributed by atoms with Gasteiger partial charge in [0.05, 0.1) is 0 Å². The fourth-order valence-electron chi connectivity index (χ4n) is 3.01. The highest BCUT2D eigenvalue weighted by Crippen LogP contribution is 2.49. The lowest BCUT2D eigenvalue weighted by Crippen LogP contribution is -2.30. The van der Waals surface area contributed by atoms with Crippen molar-refractivity contribution in [1.82, 2.24) is 0 Å². The number of carbonyl (C=O) groups excluding carboxylic acids is 1. The maximum Gasteiger partial charge on any atom is 0.333 e. The number of carbonyl (C=O) groups is 1. The van der Waals surface area contributed by atoms with E-state index in [1.807, 2.05) is 0 Å². The fraction of sp³-hybridized carbons (Fsp3) is 0.750. The van der Waals surface area contributed by atoms with E-state index in [-0.39, 0.29) is 12.1 Å². The van der Waals surface area contributed by atoms with Gasteiger partial charge in [-0.1, -0.05) is 6.58 Å². The second kappa shape index (κ2) is 3.97. The third kappa shape index (κ3) is 1.93. The molecule has 0 amide bonds. The zero-order chi connectivity index (χ0) is 11.0. The highest BCUT2D eigenvalue weighted by Gasteiger charge is 2.46. The Kier molecular flexibility index (Phi) is 2.83. The minimum absolute atomic E-state index is 0.127. The molecule has 4 unspecified atom stereocenters. The molecule has 4 atom stereocenters. The number of rotatable bonds is 3. The van der Waals surface area contributed by atoms with Crippen molar-refractivity contribution in [3.8, 4) is 0 Å². The highest BCUT2D eigenvalue weighted by atomic mass is 16.5. The van der Waals surface area contributed by atoms with E-state index in [9.17, 15) is 4.79 Å². The SMILES string of the molecule is C=C(C)C(=O)OC1CC2CC1CC2CN. The summed E-state index contributed by atoms with van der Waals surface area (Å²) in [5, 5.41) is 0. The number of ether oxygens (including phenoxy) is 1. The van der Waals surface area contributed by atoms with E-state index in [2.05, 4.69) is 6.58 Å². The van der Waals surface area contributed by atoms with Gasteiger partial charge in [-0.15, -0.1) is 0 Å². The standard InChI is InChI=1S/C12H19NO2/c1-7(2)12(14)15-11-5-8-3-9(11)4-10(8)6-13/h8-11H,1,3-6,13H2,2H3. The number of nitrogens with two attached hydrogens (primary N) is 1. The lowest BCUT2D eigenvalue weighted by atomic mass is 9.87. The molecule has 0 aromatic rings. The van der Waals surface area contributed by atoms with Gasteiger partial charge >= 0.3 is 5.97 Å². The van der Waals surface area contributed by atoms with Gasteiger partial charge in [0.15, 0.2) is 0 Å². The monoisotopic (exact) mass is 209 g/mol. The summed E-state index contributed by atoms with van der Waals surface area (Å²) < 4.78 is 5.42. The molecule has 2 aliphatic rings. The number of fused-ring (bicyclic) bond motifs is 2. The average Bonchev–Trinajstić information content (AvgIpc) is 2.75. The van der Waals surface area contributed by atoms with Crippen molar-refractivity contribution in [1.29, 1.82) is 0 Å². The van der Waals surface area contributed by atoms with Crippen LogP contribution in [-0.2, 0) is 9.53 Å². The van der Waals surface area contributed by atoms with E-state index in [1.165, 1.54) is 6.42 Å². The van der Waals surface area contributed by atoms with Crippen molar-refractivity contribution >= 4 is 5.97 Å². The lowest BCUT2D eigenvalue weighted by Gasteiger charge is -2.26. The number of hydrogen-bond donors (Lipinski definition) is 1. The molecule has 3 heteroatoms. The Labute approximate surface area is 90.7 Å². The largest absolute Gasteiger partial charge is 0.459 e. The Morgan fingerprint density at radius 1 is 1.40 bits per heavy atom. The Morgan fingerprint density at radius 2 is 2.13 bits per heavy atom. The Morgan fingerprint density at radius 3 is 2.60 bits per heavy atom. The average molecular weight is 209 g/mol. The molecule has 2 fully saturated rings. The van der Waals surface area contributed by atoms with E-state index in [0.29, 0.717) is 23.3 Å². The second-order valence-electron chi connectivity index (χ2n) is 4.95. The number of esters is 1. The van der Waals surface area contributed by atoms with Gasteiger partial charge < -0.3 is 10.5 Å². The molecule has 0 aromatic heterocycles. The smallest absolute Gasteiger partial charge is 0.333 e. The Bertz CT molecular complexity index is 287. The molecule has 0 saturated heterocycles. The summed E-state index contributed by atoms with van der Waals surface area (Å²) in [6.07, 6.45) is 3.46. The van der Waals surface area contributed by atoms with Crippen LogP contribution in [0, 0.1) is 17.8 Å². The van der Waals surface area contributed by atoms with Crippen LogP contribution in [0.1, 0.15) is 26.2 Å². The second-order valence-corrected chi connectivity index (χ2v) is 4.95. The fourth-order valence-corrected chi connectivity index (χ4v) is 3.01. The first-order chi connectivity index (χ1) is 7.11. The Balaban J connectivity index is 1.89. The van der Waals surface area contributed by atoms with Crippen molar-refractivity contribution < 1.29 is 9.53 Å². The van der Waals surface area contributed by atoms with Gasteiger partial charge in [-0.3, -0.25) is 0 Å². The first kappa shape index (κ1) is 10.7. The minimum atomic E-state index is -0.239. The van der Waals surface area contributed by atoms with Gasteiger partial charge in [0, 0.05) is 5.57 Å². The molecule has 0 spiro atoms. The van der Waals surface area contributed by atoms with E-state index in [1.54, 1.807) is 6.92 Å². The van der Waals surface area contributed by atoms with Crippen molar-refractivity contribution in [2.24, 2.45) is 23.5 Å². The quantitative estimate of drug-likeness (QED) is 0.566. The van der Waals surface area contributed by atoms with E-state index in [4.69, 9.17) is 10.5 Å². The van der Waals surface area contributed by atoms with Gasteiger partial charge in [0.25, 0.3) is 0 Å². The van der Waals surface area contributed by atoms with Gasteiger partial charge in [0.2, 0.25) is 0 Å². The van der Waals surface area contributed by atoms with Gasteiger partial charge in [-0.25, -0.2) is 4.79 Å².